The van der Waals surface area contributed by atoms with Gasteiger partial charge in [0.05, 0.1) is 20.1 Å². The molecule has 1 atom stereocenters. The van der Waals surface area contributed by atoms with Crippen molar-refractivity contribution in [3.63, 3.8) is 0 Å². The zero-order valence-electron chi connectivity index (χ0n) is 10.9. The van der Waals surface area contributed by atoms with E-state index in [0.717, 1.165) is 26.1 Å². The summed E-state index contributed by atoms with van der Waals surface area (Å²) in [4.78, 5) is 13.8. The average molecular weight is 251 g/mol. The molecule has 0 N–H and O–H groups in total. The number of nitrogens with zero attached hydrogens (tertiary/aromatic N) is 3. The van der Waals surface area contributed by atoms with Gasteiger partial charge in [-0.25, -0.2) is 0 Å². The minimum absolute atomic E-state index is 0.106. The molecule has 1 aromatic heterocycles. The Morgan fingerprint density at radius 2 is 2.33 bits per heavy atom. The van der Waals surface area contributed by atoms with Gasteiger partial charge >= 0.3 is 5.97 Å². The summed E-state index contributed by atoms with van der Waals surface area (Å²) in [6, 6.07) is 2.27. The fourth-order valence-corrected chi connectivity index (χ4v) is 2.52. The van der Waals surface area contributed by atoms with Crippen molar-refractivity contribution in [1.82, 2.24) is 14.7 Å². The number of rotatable bonds is 5. The van der Waals surface area contributed by atoms with Crippen molar-refractivity contribution in [3.05, 3.63) is 18.5 Å². The molecule has 100 valence electrons. The van der Waals surface area contributed by atoms with Gasteiger partial charge in [-0.1, -0.05) is 6.42 Å². The first-order valence-corrected chi connectivity index (χ1v) is 6.58. The van der Waals surface area contributed by atoms with Crippen LogP contribution in [-0.4, -0.2) is 46.9 Å². The Labute approximate surface area is 108 Å². The Morgan fingerprint density at radius 3 is 3.06 bits per heavy atom. The Hall–Kier alpha value is -1.36. The lowest BCUT2D eigenvalue weighted by molar-refractivity contribution is -0.142. The molecule has 2 rings (SSSR count). The number of hydrogen-bond donors (Lipinski definition) is 0. The average Bonchev–Trinajstić information content (AvgIpc) is 2.91. The van der Waals surface area contributed by atoms with Crippen LogP contribution in [0.3, 0.4) is 0 Å². The minimum Gasteiger partial charge on any atom is -0.469 e. The number of esters is 1. The quantitative estimate of drug-likeness (QED) is 0.740. The highest BCUT2D eigenvalue weighted by Gasteiger charge is 2.24. The highest BCUT2D eigenvalue weighted by atomic mass is 16.5. The van der Waals surface area contributed by atoms with Gasteiger partial charge in [0.25, 0.3) is 0 Å². The number of hydrogen-bond acceptors (Lipinski definition) is 4. The van der Waals surface area contributed by atoms with Crippen molar-refractivity contribution in [2.24, 2.45) is 0 Å². The molecular formula is C13H21N3O2. The summed E-state index contributed by atoms with van der Waals surface area (Å²) in [7, 11) is 1.46. The van der Waals surface area contributed by atoms with E-state index in [1.54, 1.807) is 6.20 Å². The second kappa shape index (κ2) is 6.54. The highest BCUT2D eigenvalue weighted by Crippen LogP contribution is 2.19. The van der Waals surface area contributed by atoms with Gasteiger partial charge in [-0.2, -0.15) is 5.10 Å². The Kier molecular flexibility index (Phi) is 4.75. The number of carbonyl (C=O) groups excluding carboxylic acids is 1. The van der Waals surface area contributed by atoms with Crippen molar-refractivity contribution >= 4 is 5.97 Å². The summed E-state index contributed by atoms with van der Waals surface area (Å²) < 4.78 is 6.70. The predicted molar refractivity (Wildman–Crippen MR) is 68.1 cm³/mol. The van der Waals surface area contributed by atoms with E-state index in [1.165, 1.54) is 20.0 Å². The molecule has 0 amide bonds. The number of carbonyl (C=O) groups is 1. The molecule has 1 aliphatic rings. The van der Waals surface area contributed by atoms with Crippen LogP contribution in [0, 0.1) is 0 Å². The third-order valence-electron chi connectivity index (χ3n) is 3.55. The van der Waals surface area contributed by atoms with E-state index in [-0.39, 0.29) is 5.97 Å². The second-order valence-electron chi connectivity index (χ2n) is 4.73. The first kappa shape index (κ1) is 13.1. The van der Waals surface area contributed by atoms with E-state index in [2.05, 4.69) is 10.00 Å². The zero-order valence-corrected chi connectivity index (χ0v) is 10.9. The van der Waals surface area contributed by atoms with E-state index in [9.17, 15) is 4.79 Å². The van der Waals surface area contributed by atoms with E-state index >= 15 is 0 Å². The van der Waals surface area contributed by atoms with Crippen LogP contribution in [0.1, 0.15) is 25.7 Å². The van der Waals surface area contributed by atoms with Crippen molar-refractivity contribution < 1.29 is 9.53 Å². The van der Waals surface area contributed by atoms with Gasteiger partial charge in [0.15, 0.2) is 0 Å². The maximum atomic E-state index is 11.4. The molecule has 1 saturated heterocycles. The fourth-order valence-electron chi connectivity index (χ4n) is 2.52. The lowest BCUT2D eigenvalue weighted by Gasteiger charge is -2.35. The predicted octanol–water partition coefficient (Wildman–Crippen LogP) is 1.30. The zero-order chi connectivity index (χ0) is 12.8. The fraction of sp³-hybridized carbons (Fsp3) is 0.692. The monoisotopic (exact) mass is 251 g/mol. The standard InChI is InChI=1S/C13H21N3O2/c1-18-13(17)11-12-5-2-3-7-15(12)9-10-16-8-4-6-14-16/h4,6,8,12H,2-3,5,7,9-11H2,1H3. The Bertz CT molecular complexity index is 364. The molecule has 2 heterocycles. The van der Waals surface area contributed by atoms with Gasteiger partial charge < -0.3 is 4.74 Å². The van der Waals surface area contributed by atoms with Gasteiger partial charge in [0.2, 0.25) is 0 Å². The molecule has 0 bridgehead atoms. The molecule has 1 aromatic rings. The number of piperidine rings is 1. The summed E-state index contributed by atoms with van der Waals surface area (Å²) in [5, 5.41) is 4.20. The maximum absolute atomic E-state index is 11.4. The summed E-state index contributed by atoms with van der Waals surface area (Å²) in [5.41, 5.74) is 0. The lowest BCUT2D eigenvalue weighted by Crippen LogP contribution is -2.42. The maximum Gasteiger partial charge on any atom is 0.307 e. The van der Waals surface area contributed by atoms with Crippen LogP contribution >= 0.6 is 0 Å². The summed E-state index contributed by atoms with van der Waals surface area (Å²) in [5.74, 6) is -0.106. The lowest BCUT2D eigenvalue weighted by atomic mass is 9.99. The van der Waals surface area contributed by atoms with Crippen LogP contribution in [0.5, 0.6) is 0 Å². The molecule has 5 heteroatoms. The Morgan fingerprint density at radius 1 is 1.44 bits per heavy atom. The van der Waals surface area contributed by atoms with Crippen molar-refractivity contribution in [1.29, 1.82) is 0 Å². The third-order valence-corrected chi connectivity index (χ3v) is 3.55. The smallest absolute Gasteiger partial charge is 0.307 e. The van der Waals surface area contributed by atoms with Crippen LogP contribution in [0.15, 0.2) is 18.5 Å². The normalized spacial score (nSPS) is 20.8. The van der Waals surface area contributed by atoms with Crippen molar-refractivity contribution in [2.45, 2.75) is 38.3 Å². The largest absolute Gasteiger partial charge is 0.469 e. The van der Waals surface area contributed by atoms with Crippen LogP contribution < -0.4 is 0 Å². The van der Waals surface area contributed by atoms with Crippen LogP contribution in [0.2, 0.25) is 0 Å². The first-order chi connectivity index (χ1) is 8.79. The number of methoxy groups -OCH3 is 1. The van der Waals surface area contributed by atoms with Crippen LogP contribution in [0.25, 0.3) is 0 Å². The van der Waals surface area contributed by atoms with E-state index in [1.807, 2.05) is 16.9 Å². The molecular weight excluding hydrogens is 230 g/mol. The third kappa shape index (κ3) is 3.57. The van der Waals surface area contributed by atoms with Gasteiger partial charge in [0.1, 0.15) is 0 Å². The Balaban J connectivity index is 1.85. The molecule has 5 nitrogen and oxygen atoms in total. The van der Waals surface area contributed by atoms with Gasteiger partial charge in [-0.3, -0.25) is 14.4 Å². The molecule has 0 aromatic carbocycles. The van der Waals surface area contributed by atoms with E-state index < -0.39 is 0 Å². The molecule has 1 fully saturated rings. The number of likely N-dealkylation sites (tertiary alicyclic amines) is 1. The van der Waals surface area contributed by atoms with Gasteiger partial charge in [-0.15, -0.1) is 0 Å². The van der Waals surface area contributed by atoms with Gasteiger partial charge in [0, 0.05) is 25.0 Å². The van der Waals surface area contributed by atoms with Crippen molar-refractivity contribution in [3.8, 4) is 0 Å². The minimum atomic E-state index is -0.106. The summed E-state index contributed by atoms with van der Waals surface area (Å²) >= 11 is 0. The van der Waals surface area contributed by atoms with Crippen molar-refractivity contribution in [2.75, 3.05) is 20.2 Å². The molecule has 1 unspecified atom stereocenters. The van der Waals surface area contributed by atoms with E-state index in [4.69, 9.17) is 4.74 Å². The molecule has 0 aliphatic carbocycles. The van der Waals surface area contributed by atoms with Crippen LogP contribution in [0.4, 0.5) is 0 Å². The second-order valence-corrected chi connectivity index (χ2v) is 4.73. The first-order valence-electron chi connectivity index (χ1n) is 6.58. The molecule has 1 aliphatic heterocycles. The molecule has 0 saturated carbocycles. The molecule has 18 heavy (non-hydrogen) atoms. The number of ether oxygens (including phenoxy) is 1. The molecule has 0 radical (unpaired) electrons. The summed E-state index contributed by atoms with van der Waals surface area (Å²) in [6.07, 6.45) is 7.79. The molecule has 0 spiro atoms. The number of aromatic nitrogens is 2. The topological polar surface area (TPSA) is 47.4 Å². The van der Waals surface area contributed by atoms with Gasteiger partial charge in [-0.05, 0) is 25.5 Å². The van der Waals surface area contributed by atoms with Crippen LogP contribution in [-0.2, 0) is 16.1 Å². The van der Waals surface area contributed by atoms with E-state index in [0.29, 0.717) is 12.5 Å². The summed E-state index contributed by atoms with van der Waals surface area (Å²) in [6.45, 7) is 2.90. The highest BCUT2D eigenvalue weighted by molar-refractivity contribution is 5.69. The SMILES string of the molecule is COC(=O)CC1CCCCN1CCn1cccn1.